The van der Waals surface area contributed by atoms with Gasteiger partial charge in [-0.3, -0.25) is 9.59 Å². The Bertz CT molecular complexity index is 792. The van der Waals surface area contributed by atoms with E-state index in [0.29, 0.717) is 12.0 Å². The number of aldehydes is 1. The van der Waals surface area contributed by atoms with E-state index in [1.54, 1.807) is 24.3 Å². The Morgan fingerprint density at radius 3 is 2.25 bits per heavy atom. The molecule has 1 aliphatic heterocycles. The van der Waals surface area contributed by atoms with Crippen LogP contribution in [0.25, 0.3) is 0 Å². The number of carboxylic acids is 1. The number of aliphatic carboxylic acids is 1. The molecular weight excluding hydrogens is 360 g/mol. The zero-order valence-electron chi connectivity index (χ0n) is 15.7. The monoisotopic (exact) mass is 384 g/mol. The highest BCUT2D eigenvalue weighted by molar-refractivity contribution is 5.85. The lowest BCUT2D eigenvalue weighted by Crippen LogP contribution is -2.46. The van der Waals surface area contributed by atoms with Gasteiger partial charge in [0, 0.05) is 11.6 Å². The van der Waals surface area contributed by atoms with E-state index in [9.17, 15) is 14.4 Å². The standard InChI is InChI=1S/C13H10O2.C8H14N2O3/c14-10-11-6-8-13(9-7-11)15-12-4-2-1-3-5-12;1-5-2-3-6(8(12)13)10(5)7(11)4-9/h1-10H;5-6H,2-4,9H2,1H3,(H,12,13). The molecule has 1 fully saturated rings. The second kappa shape index (κ2) is 10.2. The van der Waals surface area contributed by atoms with E-state index in [1.165, 1.54) is 4.90 Å². The van der Waals surface area contributed by atoms with E-state index in [1.807, 2.05) is 37.3 Å². The Balaban J connectivity index is 0.000000203. The normalized spacial score (nSPS) is 18.0. The lowest BCUT2D eigenvalue weighted by atomic mass is 10.2. The second-order valence-electron chi connectivity index (χ2n) is 6.39. The summed E-state index contributed by atoms with van der Waals surface area (Å²) in [5.41, 5.74) is 5.84. The predicted octanol–water partition coefficient (Wildman–Crippen LogP) is 2.70. The first kappa shape index (κ1) is 21.1. The summed E-state index contributed by atoms with van der Waals surface area (Å²) in [4.78, 5) is 33.8. The van der Waals surface area contributed by atoms with Gasteiger partial charge in [0.2, 0.25) is 5.91 Å². The fourth-order valence-corrected chi connectivity index (χ4v) is 2.99. The minimum Gasteiger partial charge on any atom is -0.480 e. The Hall–Kier alpha value is -3.19. The summed E-state index contributed by atoms with van der Waals surface area (Å²) in [6.07, 6.45) is 2.08. The molecule has 1 amide bonds. The molecule has 2 atom stereocenters. The van der Waals surface area contributed by atoms with E-state index in [2.05, 4.69) is 0 Å². The van der Waals surface area contributed by atoms with Crippen molar-refractivity contribution in [3.8, 4) is 11.5 Å². The average molecular weight is 384 g/mol. The molecule has 148 valence electrons. The van der Waals surface area contributed by atoms with Gasteiger partial charge in [0.25, 0.3) is 0 Å². The number of nitrogens with two attached hydrogens (primary N) is 1. The largest absolute Gasteiger partial charge is 0.480 e. The number of benzene rings is 2. The van der Waals surface area contributed by atoms with Gasteiger partial charge in [-0.15, -0.1) is 0 Å². The molecule has 0 saturated carbocycles. The van der Waals surface area contributed by atoms with Crippen molar-refractivity contribution >= 4 is 18.2 Å². The molecule has 3 rings (SSSR count). The van der Waals surface area contributed by atoms with Gasteiger partial charge in [-0.05, 0) is 56.2 Å². The summed E-state index contributed by atoms with van der Waals surface area (Å²) >= 11 is 0. The number of carboxylic acid groups (broad SMARTS) is 1. The van der Waals surface area contributed by atoms with Crippen LogP contribution >= 0.6 is 0 Å². The van der Waals surface area contributed by atoms with Crippen molar-refractivity contribution in [3.05, 3.63) is 60.2 Å². The van der Waals surface area contributed by atoms with Crippen LogP contribution in [0.5, 0.6) is 11.5 Å². The first-order valence-corrected chi connectivity index (χ1v) is 8.98. The summed E-state index contributed by atoms with van der Waals surface area (Å²) in [5, 5.41) is 8.81. The zero-order chi connectivity index (χ0) is 20.5. The Morgan fingerprint density at radius 2 is 1.71 bits per heavy atom. The SMILES string of the molecule is CC1CCC(C(=O)O)N1C(=O)CN.O=Cc1ccc(Oc2ccccc2)cc1. The minimum atomic E-state index is -0.939. The zero-order valence-corrected chi connectivity index (χ0v) is 15.7. The lowest BCUT2D eigenvalue weighted by molar-refractivity contribution is -0.148. The van der Waals surface area contributed by atoms with E-state index in [0.717, 1.165) is 24.2 Å². The summed E-state index contributed by atoms with van der Waals surface area (Å²) in [5.74, 6) is 0.298. The highest BCUT2D eigenvalue weighted by atomic mass is 16.5. The summed E-state index contributed by atoms with van der Waals surface area (Å²) < 4.78 is 5.56. The third kappa shape index (κ3) is 5.65. The molecule has 1 saturated heterocycles. The Labute approximate surface area is 163 Å². The van der Waals surface area contributed by atoms with Crippen molar-refractivity contribution in [1.82, 2.24) is 4.90 Å². The number of nitrogens with zero attached hydrogens (tertiary/aromatic N) is 1. The molecule has 7 nitrogen and oxygen atoms in total. The molecule has 2 aromatic carbocycles. The summed E-state index contributed by atoms with van der Waals surface area (Å²) in [7, 11) is 0. The smallest absolute Gasteiger partial charge is 0.326 e. The number of hydrogen-bond acceptors (Lipinski definition) is 5. The van der Waals surface area contributed by atoms with Gasteiger partial charge < -0.3 is 20.5 Å². The molecule has 1 heterocycles. The van der Waals surface area contributed by atoms with Gasteiger partial charge in [-0.1, -0.05) is 18.2 Å². The lowest BCUT2D eigenvalue weighted by Gasteiger charge is -2.25. The van der Waals surface area contributed by atoms with E-state index in [4.69, 9.17) is 15.6 Å². The van der Waals surface area contributed by atoms with Crippen molar-refractivity contribution in [3.63, 3.8) is 0 Å². The maximum atomic E-state index is 11.3. The third-order valence-electron chi connectivity index (χ3n) is 4.41. The van der Waals surface area contributed by atoms with Crippen LogP contribution in [-0.2, 0) is 9.59 Å². The molecule has 0 radical (unpaired) electrons. The fourth-order valence-electron chi connectivity index (χ4n) is 2.99. The van der Waals surface area contributed by atoms with E-state index in [-0.39, 0.29) is 18.5 Å². The molecule has 7 heteroatoms. The maximum Gasteiger partial charge on any atom is 0.326 e. The van der Waals surface area contributed by atoms with Gasteiger partial charge >= 0.3 is 5.97 Å². The number of carbonyl (C=O) groups is 3. The number of amides is 1. The summed E-state index contributed by atoms with van der Waals surface area (Å²) in [6, 6.07) is 15.8. The molecule has 3 N–H and O–H groups in total. The van der Waals surface area contributed by atoms with Gasteiger partial charge in [0.15, 0.2) is 0 Å². The van der Waals surface area contributed by atoms with Crippen molar-refractivity contribution in [1.29, 1.82) is 0 Å². The van der Waals surface area contributed by atoms with Gasteiger partial charge in [0.05, 0.1) is 6.54 Å². The summed E-state index contributed by atoms with van der Waals surface area (Å²) in [6.45, 7) is 1.73. The molecule has 0 aliphatic carbocycles. The van der Waals surface area contributed by atoms with Crippen LogP contribution in [0.2, 0.25) is 0 Å². The maximum absolute atomic E-state index is 11.3. The molecule has 2 aromatic rings. The van der Waals surface area contributed by atoms with E-state index >= 15 is 0 Å². The molecule has 28 heavy (non-hydrogen) atoms. The van der Waals surface area contributed by atoms with Gasteiger partial charge in [0.1, 0.15) is 23.8 Å². The van der Waals surface area contributed by atoms with Crippen molar-refractivity contribution in [2.24, 2.45) is 5.73 Å². The molecule has 2 unspecified atom stereocenters. The Morgan fingerprint density at radius 1 is 1.11 bits per heavy atom. The van der Waals surface area contributed by atoms with Crippen LogP contribution < -0.4 is 10.5 Å². The highest BCUT2D eigenvalue weighted by Gasteiger charge is 2.37. The molecular formula is C21H24N2O5. The molecule has 0 spiro atoms. The number of likely N-dealkylation sites (tertiary alicyclic amines) is 1. The number of ether oxygens (including phenoxy) is 1. The van der Waals surface area contributed by atoms with E-state index < -0.39 is 12.0 Å². The van der Waals surface area contributed by atoms with Crippen LogP contribution in [0.3, 0.4) is 0 Å². The van der Waals surface area contributed by atoms with Crippen molar-refractivity contribution in [2.75, 3.05) is 6.54 Å². The number of hydrogen-bond donors (Lipinski definition) is 2. The van der Waals surface area contributed by atoms with Crippen molar-refractivity contribution in [2.45, 2.75) is 31.8 Å². The second-order valence-corrected chi connectivity index (χ2v) is 6.39. The van der Waals surface area contributed by atoms with Crippen LogP contribution in [0, 0.1) is 0 Å². The molecule has 0 bridgehead atoms. The van der Waals surface area contributed by atoms with Crippen LogP contribution in [-0.4, -0.2) is 46.8 Å². The number of para-hydroxylation sites is 1. The first-order chi connectivity index (χ1) is 13.5. The minimum absolute atomic E-state index is 0.00264. The van der Waals surface area contributed by atoms with Crippen molar-refractivity contribution < 1.29 is 24.2 Å². The average Bonchev–Trinajstić information content (AvgIpc) is 3.11. The number of rotatable bonds is 5. The Kier molecular flexibility index (Phi) is 7.71. The van der Waals surface area contributed by atoms with Gasteiger partial charge in [-0.25, -0.2) is 4.79 Å². The number of carbonyl (C=O) groups excluding carboxylic acids is 2. The topological polar surface area (TPSA) is 110 Å². The quantitative estimate of drug-likeness (QED) is 0.767. The van der Waals surface area contributed by atoms with Crippen LogP contribution in [0.15, 0.2) is 54.6 Å². The molecule has 1 aliphatic rings. The molecule has 0 aromatic heterocycles. The third-order valence-corrected chi connectivity index (χ3v) is 4.41. The van der Waals surface area contributed by atoms with Crippen LogP contribution in [0.1, 0.15) is 30.1 Å². The predicted molar refractivity (Wildman–Crippen MR) is 104 cm³/mol. The van der Waals surface area contributed by atoms with Crippen LogP contribution in [0.4, 0.5) is 0 Å². The first-order valence-electron chi connectivity index (χ1n) is 8.98. The highest BCUT2D eigenvalue weighted by Crippen LogP contribution is 2.23. The van der Waals surface area contributed by atoms with Gasteiger partial charge in [-0.2, -0.15) is 0 Å². The fraction of sp³-hybridized carbons (Fsp3) is 0.286.